The van der Waals surface area contributed by atoms with Crippen molar-refractivity contribution in [2.75, 3.05) is 19.8 Å². The Bertz CT molecular complexity index is 1270. The van der Waals surface area contributed by atoms with Crippen LogP contribution in [0, 0.1) is 0 Å². The van der Waals surface area contributed by atoms with Crippen LogP contribution in [-0.2, 0) is 35.6 Å². The predicted molar refractivity (Wildman–Crippen MR) is 145 cm³/mol. The van der Waals surface area contributed by atoms with E-state index >= 15 is 0 Å². The number of imidazole rings is 1. The number of fused-ring (bicyclic) bond motifs is 1. The number of aryl methyl sites for hydroxylation is 2. The van der Waals surface area contributed by atoms with E-state index in [-0.39, 0.29) is 12.0 Å². The van der Waals surface area contributed by atoms with E-state index < -0.39 is 17.1 Å². The summed E-state index contributed by atoms with van der Waals surface area (Å²) in [7, 11) is 0.427. The van der Waals surface area contributed by atoms with Crippen LogP contribution in [0.3, 0.4) is 0 Å². The van der Waals surface area contributed by atoms with Crippen molar-refractivity contribution in [2.45, 2.75) is 43.2 Å². The van der Waals surface area contributed by atoms with Crippen LogP contribution in [0.1, 0.15) is 36.0 Å². The fourth-order valence-electron chi connectivity index (χ4n) is 4.50. The maximum absolute atomic E-state index is 12.3. The lowest BCUT2D eigenvalue weighted by atomic mass is 9.76. The fourth-order valence-corrected chi connectivity index (χ4v) is 5.64. The lowest BCUT2D eigenvalue weighted by Gasteiger charge is -2.34. The number of amides is 1. The minimum Gasteiger partial charge on any atom is -0.492 e. The molecule has 3 atom stereocenters. The van der Waals surface area contributed by atoms with Crippen molar-refractivity contribution < 1.29 is 18.5 Å². The van der Waals surface area contributed by atoms with E-state index in [4.69, 9.17) is 32.7 Å². The molecule has 198 valence electrons. The Morgan fingerprint density at radius 2 is 2.05 bits per heavy atom. The molecule has 0 saturated heterocycles. The molecule has 0 saturated carbocycles. The van der Waals surface area contributed by atoms with Crippen molar-refractivity contribution in [3.05, 3.63) is 75.7 Å². The van der Waals surface area contributed by atoms with Gasteiger partial charge in [0.05, 0.1) is 23.0 Å². The van der Waals surface area contributed by atoms with Crippen LogP contribution < -0.4 is 14.8 Å². The van der Waals surface area contributed by atoms with Crippen LogP contribution in [0.5, 0.6) is 5.75 Å². The first-order valence-electron chi connectivity index (χ1n) is 12.1. The molecule has 0 radical (unpaired) electrons. The van der Waals surface area contributed by atoms with Gasteiger partial charge in [0, 0.05) is 31.7 Å². The van der Waals surface area contributed by atoms with Gasteiger partial charge < -0.3 is 19.4 Å². The van der Waals surface area contributed by atoms with Gasteiger partial charge in [-0.1, -0.05) is 35.3 Å². The number of ether oxygens (including phenoxy) is 2. The quantitative estimate of drug-likeness (QED) is 0.345. The number of benzene rings is 2. The van der Waals surface area contributed by atoms with Crippen LogP contribution in [0.25, 0.3) is 0 Å². The number of alkyl carbamates (subject to hydrolysis) is 1. The molecule has 3 aromatic rings. The molecule has 0 bridgehead atoms. The van der Waals surface area contributed by atoms with E-state index in [1.165, 1.54) is 5.56 Å². The zero-order valence-electron chi connectivity index (χ0n) is 20.7. The molecule has 1 amide bonds. The fraction of sp³-hybridized carbons (Fsp3) is 0.385. The minimum atomic E-state index is -1.40. The molecular formula is C26H30Cl2N4O4S. The third kappa shape index (κ3) is 7.25. The molecule has 4 rings (SSSR count). The van der Waals surface area contributed by atoms with Gasteiger partial charge in [-0.25, -0.2) is 18.7 Å². The molecule has 2 N–H and O–H groups in total. The monoisotopic (exact) mass is 564 g/mol. The van der Waals surface area contributed by atoms with Gasteiger partial charge in [-0.05, 0) is 67.1 Å². The second-order valence-electron chi connectivity index (χ2n) is 8.82. The highest BCUT2D eigenvalue weighted by Crippen LogP contribution is 2.37. The van der Waals surface area contributed by atoms with Crippen LogP contribution in [0.2, 0.25) is 10.0 Å². The van der Waals surface area contributed by atoms with Gasteiger partial charge in [0.1, 0.15) is 23.3 Å². The maximum atomic E-state index is 12.3. The average molecular weight is 566 g/mol. The van der Waals surface area contributed by atoms with Gasteiger partial charge in [0.15, 0.2) is 5.03 Å². The highest BCUT2D eigenvalue weighted by Gasteiger charge is 2.32. The number of carbonyl (C=O) groups is 1. The highest BCUT2D eigenvalue weighted by molar-refractivity contribution is 7.83. The van der Waals surface area contributed by atoms with Gasteiger partial charge in [-0.15, -0.1) is 0 Å². The Labute approximate surface area is 229 Å². The lowest BCUT2D eigenvalue weighted by Crippen LogP contribution is -2.43. The Morgan fingerprint density at radius 1 is 1.22 bits per heavy atom. The van der Waals surface area contributed by atoms with Gasteiger partial charge in [0.25, 0.3) is 0 Å². The van der Waals surface area contributed by atoms with Crippen molar-refractivity contribution in [3.8, 4) is 5.75 Å². The highest BCUT2D eigenvalue weighted by atomic mass is 35.5. The summed E-state index contributed by atoms with van der Waals surface area (Å²) < 4.78 is 28.1. The molecule has 0 fully saturated rings. The molecule has 1 heterocycles. The Morgan fingerprint density at radius 3 is 2.78 bits per heavy atom. The van der Waals surface area contributed by atoms with Crippen molar-refractivity contribution in [2.24, 2.45) is 7.05 Å². The van der Waals surface area contributed by atoms with Crippen LogP contribution >= 0.6 is 23.2 Å². The number of rotatable bonds is 10. The standard InChI is InChI=1S/C26H30Cl2N4O4S/c1-3-35-26(33)31-24-9-6-18-5-7-19(36-11-10-30-37(34)25-15-32(2)16-29-25)14-20(18)21(24)12-17-4-8-22(27)23(28)13-17/h4-5,7-8,13-16,21,24,30H,3,6,9-12H2,1-2H3,(H,31,33). The van der Waals surface area contributed by atoms with Crippen molar-refractivity contribution in [1.82, 2.24) is 19.6 Å². The van der Waals surface area contributed by atoms with E-state index in [0.29, 0.717) is 47.0 Å². The van der Waals surface area contributed by atoms with Crippen LogP contribution in [-0.4, -0.2) is 45.7 Å². The van der Waals surface area contributed by atoms with Crippen molar-refractivity contribution in [1.29, 1.82) is 0 Å². The van der Waals surface area contributed by atoms with Crippen molar-refractivity contribution >= 4 is 40.3 Å². The Balaban J connectivity index is 1.47. The molecule has 1 aromatic heterocycles. The summed E-state index contributed by atoms with van der Waals surface area (Å²) >= 11 is 12.4. The SMILES string of the molecule is CCOC(=O)NC1CCc2ccc(OCCNS(=O)c3cn(C)cn3)cc2C1Cc1ccc(Cl)c(Cl)c1. The van der Waals surface area contributed by atoms with Gasteiger partial charge >= 0.3 is 6.09 Å². The number of hydrogen-bond acceptors (Lipinski definition) is 5. The number of halogens is 2. The summed E-state index contributed by atoms with van der Waals surface area (Å²) in [5.74, 6) is 0.698. The topological polar surface area (TPSA) is 94.5 Å². The zero-order valence-corrected chi connectivity index (χ0v) is 23.0. The predicted octanol–water partition coefficient (Wildman–Crippen LogP) is 4.81. The molecule has 3 unspecified atom stereocenters. The summed E-state index contributed by atoms with van der Waals surface area (Å²) in [6, 6.07) is 11.6. The first-order chi connectivity index (χ1) is 17.8. The number of hydrogen-bond donors (Lipinski definition) is 2. The molecule has 8 nitrogen and oxygen atoms in total. The normalized spacial score (nSPS) is 17.6. The summed E-state index contributed by atoms with van der Waals surface area (Å²) in [5.41, 5.74) is 3.35. The van der Waals surface area contributed by atoms with Gasteiger partial charge in [-0.3, -0.25) is 0 Å². The molecule has 1 aliphatic rings. The summed E-state index contributed by atoms with van der Waals surface area (Å²) in [5, 5.41) is 4.52. The maximum Gasteiger partial charge on any atom is 0.407 e. The summed E-state index contributed by atoms with van der Waals surface area (Å²) in [4.78, 5) is 16.4. The summed E-state index contributed by atoms with van der Waals surface area (Å²) in [6.07, 6.45) is 5.18. The largest absolute Gasteiger partial charge is 0.492 e. The van der Waals surface area contributed by atoms with E-state index in [9.17, 15) is 9.00 Å². The second kappa shape index (κ2) is 12.8. The summed E-state index contributed by atoms with van der Waals surface area (Å²) in [6.45, 7) is 2.82. The van der Waals surface area contributed by atoms with E-state index in [1.807, 2.05) is 31.3 Å². The molecular weight excluding hydrogens is 535 g/mol. The second-order valence-corrected chi connectivity index (χ2v) is 10.9. The van der Waals surface area contributed by atoms with Gasteiger partial charge in [0.2, 0.25) is 0 Å². The van der Waals surface area contributed by atoms with Gasteiger partial charge in [-0.2, -0.15) is 0 Å². The third-order valence-electron chi connectivity index (χ3n) is 6.22. The molecule has 0 spiro atoms. The van der Waals surface area contributed by atoms with Crippen LogP contribution in [0.15, 0.2) is 53.9 Å². The average Bonchev–Trinajstić information content (AvgIpc) is 3.32. The Hall–Kier alpha value is -2.59. The minimum absolute atomic E-state index is 0.0104. The number of aromatic nitrogens is 2. The third-order valence-corrected chi connectivity index (χ3v) is 8.02. The number of nitrogens with one attached hydrogen (secondary N) is 2. The molecule has 11 heteroatoms. The smallest absolute Gasteiger partial charge is 0.407 e. The number of carbonyl (C=O) groups excluding carboxylic acids is 1. The molecule has 0 aliphatic heterocycles. The van der Waals surface area contributed by atoms with Crippen molar-refractivity contribution in [3.63, 3.8) is 0 Å². The molecule has 2 aromatic carbocycles. The zero-order chi connectivity index (χ0) is 26.4. The van der Waals surface area contributed by atoms with E-state index in [0.717, 1.165) is 24.0 Å². The first-order valence-corrected chi connectivity index (χ1v) is 14.0. The van der Waals surface area contributed by atoms with Crippen LogP contribution in [0.4, 0.5) is 4.79 Å². The lowest BCUT2D eigenvalue weighted by molar-refractivity contribution is 0.144. The molecule has 1 aliphatic carbocycles. The number of nitrogens with zero attached hydrogens (tertiary/aromatic N) is 2. The molecule has 37 heavy (non-hydrogen) atoms. The van der Waals surface area contributed by atoms with E-state index in [2.05, 4.69) is 21.1 Å². The first kappa shape index (κ1) is 27.4. The van der Waals surface area contributed by atoms with E-state index in [1.54, 1.807) is 30.1 Å². The Kier molecular flexibility index (Phi) is 9.48.